The van der Waals surface area contributed by atoms with Crippen LogP contribution in [0.25, 0.3) is 0 Å². The summed E-state index contributed by atoms with van der Waals surface area (Å²) in [7, 11) is 3.25. The summed E-state index contributed by atoms with van der Waals surface area (Å²) < 4.78 is 10.9. The molecule has 0 spiro atoms. The summed E-state index contributed by atoms with van der Waals surface area (Å²) in [6.45, 7) is 0. The van der Waals surface area contributed by atoms with Gasteiger partial charge in [-0.2, -0.15) is 0 Å². The predicted octanol–water partition coefficient (Wildman–Crippen LogP) is 4.82. The summed E-state index contributed by atoms with van der Waals surface area (Å²) in [6.07, 6.45) is 8.31. The zero-order valence-corrected chi connectivity index (χ0v) is 19.0. The molecule has 32 heavy (non-hydrogen) atoms. The van der Waals surface area contributed by atoms with E-state index in [0.29, 0.717) is 37.2 Å². The number of hydrogen-bond donors (Lipinski definition) is 2. The number of methoxy groups -OCH3 is 2. The normalized spacial score (nSPS) is 13.9. The van der Waals surface area contributed by atoms with Gasteiger partial charge in [0.15, 0.2) is 0 Å². The van der Waals surface area contributed by atoms with Gasteiger partial charge in [0, 0.05) is 12.8 Å². The van der Waals surface area contributed by atoms with Gasteiger partial charge in [0.05, 0.1) is 25.6 Å². The molecule has 0 fully saturated rings. The molecule has 0 saturated carbocycles. The molecule has 2 aliphatic carbocycles. The molecule has 0 heterocycles. The van der Waals surface area contributed by atoms with Gasteiger partial charge in [-0.05, 0) is 85.8 Å². The molecule has 4 rings (SSSR count). The summed E-state index contributed by atoms with van der Waals surface area (Å²) >= 11 is 0. The second kappa shape index (κ2) is 10.1. The highest BCUT2D eigenvalue weighted by Crippen LogP contribution is 2.37. The van der Waals surface area contributed by atoms with Gasteiger partial charge in [-0.3, -0.25) is 9.59 Å². The zero-order valence-electron chi connectivity index (χ0n) is 19.0. The summed E-state index contributed by atoms with van der Waals surface area (Å²) in [5.74, 6) is 1.35. The summed E-state index contributed by atoms with van der Waals surface area (Å²) in [5.41, 5.74) is 6.61. The Labute approximate surface area is 189 Å². The van der Waals surface area contributed by atoms with Crippen LogP contribution in [0.3, 0.4) is 0 Å². The maximum absolute atomic E-state index is 12.5. The molecule has 0 unspecified atom stereocenters. The molecular weight excluding hydrogens is 404 g/mol. The number of benzene rings is 2. The SMILES string of the molecule is COc1ccc2c(c1NC(=O)CCCCC(=O)Nc1c(OC)ccc3c1CCC3)CCC2. The fraction of sp³-hybridized carbons (Fsp3) is 0.462. The van der Waals surface area contributed by atoms with Gasteiger partial charge in [0.1, 0.15) is 11.5 Å². The summed E-state index contributed by atoms with van der Waals surface area (Å²) in [5, 5.41) is 6.10. The number of ether oxygens (including phenoxy) is 2. The van der Waals surface area contributed by atoms with E-state index < -0.39 is 0 Å². The number of nitrogens with one attached hydrogen (secondary N) is 2. The molecule has 2 aliphatic rings. The first-order valence-corrected chi connectivity index (χ1v) is 11.6. The van der Waals surface area contributed by atoms with Crippen LogP contribution in [0.5, 0.6) is 11.5 Å². The van der Waals surface area contributed by atoms with Crippen LogP contribution in [0.2, 0.25) is 0 Å². The first-order chi connectivity index (χ1) is 15.6. The van der Waals surface area contributed by atoms with Crippen molar-refractivity contribution < 1.29 is 19.1 Å². The molecule has 2 aromatic rings. The quantitative estimate of drug-likeness (QED) is 0.553. The molecule has 2 aromatic carbocycles. The molecular formula is C26H32N2O4. The highest BCUT2D eigenvalue weighted by Gasteiger charge is 2.21. The van der Waals surface area contributed by atoms with Gasteiger partial charge in [-0.15, -0.1) is 0 Å². The Kier molecular flexibility index (Phi) is 6.98. The summed E-state index contributed by atoms with van der Waals surface area (Å²) in [4.78, 5) is 25.1. The maximum atomic E-state index is 12.5. The van der Waals surface area contributed by atoms with E-state index in [-0.39, 0.29) is 11.8 Å². The van der Waals surface area contributed by atoms with Gasteiger partial charge in [0.25, 0.3) is 0 Å². The van der Waals surface area contributed by atoms with Crippen LogP contribution in [0, 0.1) is 0 Å². The lowest BCUT2D eigenvalue weighted by molar-refractivity contribution is -0.118. The van der Waals surface area contributed by atoms with Crippen LogP contribution in [0.1, 0.15) is 60.8 Å². The largest absolute Gasteiger partial charge is 0.495 e. The molecule has 6 heteroatoms. The molecule has 170 valence electrons. The Hall–Kier alpha value is -3.02. The third-order valence-corrected chi connectivity index (χ3v) is 6.52. The molecule has 0 radical (unpaired) electrons. The third kappa shape index (κ3) is 4.74. The first-order valence-electron chi connectivity index (χ1n) is 11.6. The fourth-order valence-electron chi connectivity index (χ4n) is 4.88. The Morgan fingerprint density at radius 2 is 1.16 bits per heavy atom. The van der Waals surface area contributed by atoms with Crippen LogP contribution in [-0.4, -0.2) is 26.0 Å². The van der Waals surface area contributed by atoms with E-state index in [1.54, 1.807) is 14.2 Å². The van der Waals surface area contributed by atoms with E-state index in [0.717, 1.165) is 49.9 Å². The number of rotatable bonds is 9. The van der Waals surface area contributed by atoms with E-state index in [9.17, 15) is 9.59 Å². The number of carbonyl (C=O) groups excluding carboxylic acids is 2. The van der Waals surface area contributed by atoms with Gasteiger partial charge in [0.2, 0.25) is 11.8 Å². The van der Waals surface area contributed by atoms with Crippen molar-refractivity contribution >= 4 is 23.2 Å². The smallest absolute Gasteiger partial charge is 0.224 e. The van der Waals surface area contributed by atoms with Crippen molar-refractivity contribution in [2.24, 2.45) is 0 Å². The monoisotopic (exact) mass is 436 g/mol. The van der Waals surface area contributed by atoms with Crippen LogP contribution in [0.4, 0.5) is 11.4 Å². The van der Waals surface area contributed by atoms with E-state index >= 15 is 0 Å². The second-order valence-electron chi connectivity index (χ2n) is 8.57. The first kappa shape index (κ1) is 22.2. The van der Waals surface area contributed by atoms with E-state index in [2.05, 4.69) is 22.8 Å². The molecule has 0 bridgehead atoms. The second-order valence-corrected chi connectivity index (χ2v) is 8.57. The number of amides is 2. The number of anilines is 2. The van der Waals surface area contributed by atoms with Crippen LogP contribution < -0.4 is 20.1 Å². The Morgan fingerprint density at radius 1 is 0.719 bits per heavy atom. The zero-order chi connectivity index (χ0) is 22.5. The topological polar surface area (TPSA) is 76.7 Å². The van der Waals surface area contributed by atoms with E-state index in [1.165, 1.54) is 22.3 Å². The van der Waals surface area contributed by atoms with Gasteiger partial charge in [-0.1, -0.05) is 12.1 Å². The molecule has 0 aliphatic heterocycles. The lowest BCUT2D eigenvalue weighted by Gasteiger charge is -2.15. The van der Waals surface area contributed by atoms with Crippen molar-refractivity contribution in [1.29, 1.82) is 0 Å². The van der Waals surface area contributed by atoms with E-state index in [4.69, 9.17) is 9.47 Å². The number of aryl methyl sites for hydroxylation is 2. The van der Waals surface area contributed by atoms with Crippen molar-refractivity contribution in [2.75, 3.05) is 24.9 Å². The van der Waals surface area contributed by atoms with E-state index in [1.807, 2.05) is 12.1 Å². The minimum atomic E-state index is -0.0356. The highest BCUT2D eigenvalue weighted by atomic mass is 16.5. The average molecular weight is 437 g/mol. The molecule has 6 nitrogen and oxygen atoms in total. The lowest BCUT2D eigenvalue weighted by atomic mass is 10.1. The number of fused-ring (bicyclic) bond motifs is 2. The number of hydrogen-bond acceptors (Lipinski definition) is 4. The Morgan fingerprint density at radius 3 is 1.56 bits per heavy atom. The molecule has 2 amide bonds. The van der Waals surface area contributed by atoms with Crippen molar-refractivity contribution in [2.45, 2.75) is 64.2 Å². The van der Waals surface area contributed by atoms with Gasteiger partial charge < -0.3 is 20.1 Å². The van der Waals surface area contributed by atoms with Gasteiger partial charge >= 0.3 is 0 Å². The Bertz CT molecular complexity index is 934. The molecule has 0 aromatic heterocycles. The number of carbonyl (C=O) groups is 2. The third-order valence-electron chi connectivity index (χ3n) is 6.52. The van der Waals surface area contributed by atoms with Crippen LogP contribution in [-0.2, 0) is 35.3 Å². The highest BCUT2D eigenvalue weighted by molar-refractivity contribution is 5.94. The van der Waals surface area contributed by atoms with Gasteiger partial charge in [-0.25, -0.2) is 0 Å². The fourth-order valence-corrected chi connectivity index (χ4v) is 4.88. The standard InChI is InChI=1S/C26H32N2O4/c1-31-21-15-13-17-7-5-9-19(17)25(21)27-23(29)11-3-4-12-24(30)28-26-20-10-6-8-18(20)14-16-22(26)32-2/h13-16H,3-12H2,1-2H3,(H,27,29)(H,28,30). The predicted molar refractivity (Wildman–Crippen MR) is 126 cm³/mol. The van der Waals surface area contributed by atoms with Crippen LogP contribution in [0.15, 0.2) is 24.3 Å². The molecule has 2 N–H and O–H groups in total. The van der Waals surface area contributed by atoms with Crippen molar-refractivity contribution in [3.8, 4) is 11.5 Å². The van der Waals surface area contributed by atoms with Crippen LogP contribution >= 0.6 is 0 Å². The average Bonchev–Trinajstić information content (AvgIpc) is 3.47. The van der Waals surface area contributed by atoms with Crippen molar-refractivity contribution in [3.63, 3.8) is 0 Å². The minimum Gasteiger partial charge on any atom is -0.495 e. The lowest BCUT2D eigenvalue weighted by Crippen LogP contribution is -2.15. The molecule has 0 saturated heterocycles. The van der Waals surface area contributed by atoms with Crippen molar-refractivity contribution in [3.05, 3.63) is 46.5 Å². The number of unbranched alkanes of at least 4 members (excludes halogenated alkanes) is 1. The summed E-state index contributed by atoms with van der Waals surface area (Å²) in [6, 6.07) is 8.04. The maximum Gasteiger partial charge on any atom is 0.224 e. The molecule has 0 atom stereocenters. The van der Waals surface area contributed by atoms with Crippen molar-refractivity contribution in [1.82, 2.24) is 0 Å². The Balaban J connectivity index is 1.27. The minimum absolute atomic E-state index is 0.0356.